The van der Waals surface area contributed by atoms with Crippen LogP contribution in [0.4, 0.5) is 5.69 Å². The Kier molecular flexibility index (Phi) is 6.41. The van der Waals surface area contributed by atoms with Gasteiger partial charge in [-0.25, -0.2) is 9.97 Å². The van der Waals surface area contributed by atoms with Gasteiger partial charge in [-0.1, -0.05) is 18.5 Å². The Bertz CT molecular complexity index is 875. The number of rotatable bonds is 7. The molecule has 4 rings (SSSR count). The van der Waals surface area contributed by atoms with Crippen molar-refractivity contribution < 1.29 is 0 Å². The second kappa shape index (κ2) is 8.40. The molecule has 0 bridgehead atoms. The first-order chi connectivity index (χ1) is 12.2. The van der Waals surface area contributed by atoms with Crippen molar-refractivity contribution in [1.82, 2.24) is 9.97 Å². The Morgan fingerprint density at radius 3 is 2.88 bits per heavy atom. The minimum atomic E-state index is 0. The standard InChI is InChI=1S/C18H21ClN4S2.ClH/c1-2-11(20)7-13-16(10-3-4-10)17-18(25-13)12(8-14(19)23-17)22-9-15-21-5-6-24-15;/h5-6,8,10-11H,2-4,7,9,20H2,1H3,(H,22,23);1H/t11-;/m0./s1. The molecule has 0 spiro atoms. The molecule has 1 saturated carbocycles. The molecule has 26 heavy (non-hydrogen) atoms. The second-order valence-corrected chi connectivity index (χ2v) is 9.01. The molecule has 0 saturated heterocycles. The molecule has 3 aromatic rings. The van der Waals surface area contributed by atoms with E-state index in [-0.39, 0.29) is 18.4 Å². The fourth-order valence-corrected chi connectivity index (χ4v) is 5.23. The lowest BCUT2D eigenvalue weighted by Crippen LogP contribution is -2.21. The third-order valence-electron chi connectivity index (χ3n) is 4.59. The maximum Gasteiger partial charge on any atom is 0.131 e. The number of fused-ring (bicyclic) bond motifs is 1. The molecule has 3 heterocycles. The zero-order chi connectivity index (χ0) is 17.4. The largest absolute Gasteiger partial charge is 0.377 e. The SMILES string of the molecule is CC[C@H](N)Cc1sc2c(NCc3nccs3)cc(Cl)nc2c1C1CC1.Cl. The van der Waals surface area contributed by atoms with Crippen molar-refractivity contribution in [2.45, 2.75) is 51.1 Å². The molecule has 0 aromatic carbocycles. The summed E-state index contributed by atoms with van der Waals surface area (Å²) in [5.41, 5.74) is 9.76. The summed E-state index contributed by atoms with van der Waals surface area (Å²) in [6.07, 6.45) is 6.23. The predicted molar refractivity (Wildman–Crippen MR) is 115 cm³/mol. The fraction of sp³-hybridized carbons (Fsp3) is 0.444. The van der Waals surface area contributed by atoms with Crippen molar-refractivity contribution in [2.24, 2.45) is 5.73 Å². The van der Waals surface area contributed by atoms with Crippen molar-refractivity contribution >= 4 is 62.6 Å². The summed E-state index contributed by atoms with van der Waals surface area (Å²) in [6.45, 7) is 2.85. The molecule has 3 N–H and O–H groups in total. The van der Waals surface area contributed by atoms with Crippen LogP contribution in [-0.2, 0) is 13.0 Å². The Labute approximate surface area is 172 Å². The van der Waals surface area contributed by atoms with Crippen LogP contribution in [0.2, 0.25) is 5.15 Å². The van der Waals surface area contributed by atoms with E-state index < -0.39 is 0 Å². The van der Waals surface area contributed by atoms with E-state index in [1.807, 2.05) is 29.0 Å². The third-order valence-corrected chi connectivity index (χ3v) is 6.82. The average molecular weight is 429 g/mol. The van der Waals surface area contributed by atoms with Gasteiger partial charge >= 0.3 is 0 Å². The number of thiophene rings is 1. The smallest absolute Gasteiger partial charge is 0.131 e. The number of hydrogen-bond donors (Lipinski definition) is 2. The Hall–Kier alpha value is -0.920. The number of halogens is 2. The lowest BCUT2D eigenvalue weighted by Gasteiger charge is -2.08. The molecule has 3 aromatic heterocycles. The molecule has 1 fully saturated rings. The summed E-state index contributed by atoms with van der Waals surface area (Å²) in [7, 11) is 0. The van der Waals surface area contributed by atoms with Gasteiger partial charge < -0.3 is 11.1 Å². The van der Waals surface area contributed by atoms with Crippen LogP contribution in [0.1, 0.15) is 47.6 Å². The van der Waals surface area contributed by atoms with E-state index in [0.29, 0.717) is 17.6 Å². The van der Waals surface area contributed by atoms with Gasteiger partial charge in [0.2, 0.25) is 0 Å². The molecule has 0 radical (unpaired) electrons. The first-order valence-corrected chi connectivity index (χ1v) is 10.7. The normalized spacial score (nSPS) is 15.0. The lowest BCUT2D eigenvalue weighted by atomic mass is 10.0. The van der Waals surface area contributed by atoms with Crippen LogP contribution in [0.5, 0.6) is 0 Å². The van der Waals surface area contributed by atoms with Crippen LogP contribution in [0.3, 0.4) is 0 Å². The predicted octanol–water partition coefficient (Wildman–Crippen LogP) is 5.60. The fourth-order valence-electron chi connectivity index (χ4n) is 3.07. The van der Waals surface area contributed by atoms with E-state index in [4.69, 9.17) is 17.3 Å². The van der Waals surface area contributed by atoms with E-state index in [1.54, 1.807) is 11.3 Å². The number of anilines is 1. The van der Waals surface area contributed by atoms with Gasteiger partial charge in [0.1, 0.15) is 10.2 Å². The van der Waals surface area contributed by atoms with Crippen LogP contribution in [0.15, 0.2) is 17.6 Å². The van der Waals surface area contributed by atoms with E-state index in [9.17, 15) is 0 Å². The first kappa shape index (κ1) is 19.8. The van der Waals surface area contributed by atoms with Gasteiger partial charge in [-0.05, 0) is 37.2 Å². The molecule has 4 nitrogen and oxygen atoms in total. The molecule has 1 aliphatic rings. The highest BCUT2D eigenvalue weighted by Crippen LogP contribution is 2.49. The van der Waals surface area contributed by atoms with Gasteiger partial charge in [0.15, 0.2) is 0 Å². The van der Waals surface area contributed by atoms with Gasteiger partial charge in [0.25, 0.3) is 0 Å². The Balaban J connectivity index is 0.00000196. The summed E-state index contributed by atoms with van der Waals surface area (Å²) in [5, 5.41) is 7.10. The summed E-state index contributed by atoms with van der Waals surface area (Å²) in [4.78, 5) is 10.4. The van der Waals surface area contributed by atoms with Crippen LogP contribution in [-0.4, -0.2) is 16.0 Å². The lowest BCUT2D eigenvalue weighted by molar-refractivity contribution is 0.649. The van der Waals surface area contributed by atoms with Crippen molar-refractivity contribution in [2.75, 3.05) is 5.32 Å². The molecular formula is C18H22Cl2N4S2. The molecule has 1 aliphatic carbocycles. The molecule has 1 atom stereocenters. The van der Waals surface area contributed by atoms with Crippen LogP contribution >= 0.6 is 46.7 Å². The van der Waals surface area contributed by atoms with Crippen molar-refractivity contribution in [1.29, 1.82) is 0 Å². The highest BCUT2D eigenvalue weighted by molar-refractivity contribution is 7.20. The Morgan fingerprint density at radius 2 is 2.23 bits per heavy atom. The van der Waals surface area contributed by atoms with Gasteiger partial charge in [0.05, 0.1) is 22.4 Å². The van der Waals surface area contributed by atoms with Gasteiger partial charge in [-0.3, -0.25) is 0 Å². The molecule has 140 valence electrons. The number of hydrogen-bond acceptors (Lipinski definition) is 6. The van der Waals surface area contributed by atoms with E-state index in [0.717, 1.165) is 29.1 Å². The monoisotopic (exact) mass is 428 g/mol. The number of pyridine rings is 1. The summed E-state index contributed by atoms with van der Waals surface area (Å²) in [6, 6.07) is 2.13. The minimum absolute atomic E-state index is 0. The molecule has 0 unspecified atom stereocenters. The average Bonchev–Trinajstić information content (AvgIpc) is 3.16. The van der Waals surface area contributed by atoms with E-state index in [2.05, 4.69) is 22.2 Å². The van der Waals surface area contributed by atoms with Crippen LogP contribution in [0, 0.1) is 0 Å². The van der Waals surface area contributed by atoms with Crippen LogP contribution in [0.25, 0.3) is 10.2 Å². The van der Waals surface area contributed by atoms with Gasteiger partial charge in [0, 0.05) is 28.6 Å². The second-order valence-electron chi connectivity index (χ2n) is 6.54. The number of nitrogens with zero attached hydrogens (tertiary/aromatic N) is 2. The number of aromatic nitrogens is 2. The first-order valence-electron chi connectivity index (χ1n) is 8.65. The molecule has 0 aliphatic heterocycles. The van der Waals surface area contributed by atoms with Crippen molar-refractivity contribution in [3.63, 3.8) is 0 Å². The molecular weight excluding hydrogens is 407 g/mol. The quantitative estimate of drug-likeness (QED) is 0.480. The maximum atomic E-state index is 6.34. The highest BCUT2D eigenvalue weighted by Gasteiger charge is 2.31. The number of nitrogens with one attached hydrogen (secondary N) is 1. The summed E-state index contributed by atoms with van der Waals surface area (Å²) in [5.74, 6) is 0.630. The third kappa shape index (κ3) is 4.15. The highest BCUT2D eigenvalue weighted by atomic mass is 35.5. The zero-order valence-corrected chi connectivity index (χ0v) is 17.7. The molecule has 8 heteroatoms. The summed E-state index contributed by atoms with van der Waals surface area (Å²) < 4.78 is 1.20. The molecule has 0 amide bonds. The van der Waals surface area contributed by atoms with E-state index >= 15 is 0 Å². The maximum absolute atomic E-state index is 6.34. The van der Waals surface area contributed by atoms with Crippen molar-refractivity contribution in [3.8, 4) is 0 Å². The zero-order valence-electron chi connectivity index (χ0n) is 14.5. The number of thiazole rings is 1. The van der Waals surface area contributed by atoms with Crippen LogP contribution < -0.4 is 11.1 Å². The minimum Gasteiger partial charge on any atom is -0.377 e. The topological polar surface area (TPSA) is 63.8 Å². The Morgan fingerprint density at radius 1 is 1.42 bits per heavy atom. The summed E-state index contributed by atoms with van der Waals surface area (Å²) >= 11 is 9.82. The van der Waals surface area contributed by atoms with Crippen molar-refractivity contribution in [3.05, 3.63) is 38.2 Å². The van der Waals surface area contributed by atoms with Gasteiger partial charge in [-0.2, -0.15) is 0 Å². The number of nitrogens with two attached hydrogens (primary N) is 1. The van der Waals surface area contributed by atoms with Gasteiger partial charge in [-0.15, -0.1) is 35.1 Å². The van der Waals surface area contributed by atoms with E-state index in [1.165, 1.54) is 28.0 Å².